The summed E-state index contributed by atoms with van der Waals surface area (Å²) in [6, 6.07) is 12.5. The van der Waals surface area contributed by atoms with Gasteiger partial charge in [-0.2, -0.15) is 0 Å². The van der Waals surface area contributed by atoms with E-state index >= 15 is 0 Å². The van der Waals surface area contributed by atoms with Crippen molar-refractivity contribution in [3.8, 4) is 16.9 Å². The molecule has 0 aromatic heterocycles. The molecule has 0 aliphatic heterocycles. The van der Waals surface area contributed by atoms with E-state index in [0.29, 0.717) is 5.56 Å². The molecule has 2 rings (SSSR count). The highest BCUT2D eigenvalue weighted by molar-refractivity contribution is 9.10. The molecule has 0 amide bonds. The zero-order valence-electron chi connectivity index (χ0n) is 9.68. The van der Waals surface area contributed by atoms with E-state index in [4.69, 9.17) is 4.74 Å². The zero-order chi connectivity index (χ0) is 13.1. The SMILES string of the molecule is COC(=O)c1c(O)ccc(Br)c1-c1ccccc1. The molecule has 2 aromatic rings. The van der Waals surface area contributed by atoms with Crippen LogP contribution >= 0.6 is 15.9 Å². The minimum atomic E-state index is -0.562. The van der Waals surface area contributed by atoms with Crippen molar-refractivity contribution in [3.05, 3.63) is 52.5 Å². The molecule has 2 aromatic carbocycles. The first-order chi connectivity index (χ1) is 8.65. The minimum absolute atomic E-state index is 0.0936. The molecular weight excluding hydrogens is 296 g/mol. The summed E-state index contributed by atoms with van der Waals surface area (Å²) in [5, 5.41) is 9.86. The van der Waals surface area contributed by atoms with Gasteiger partial charge >= 0.3 is 5.97 Å². The summed E-state index contributed by atoms with van der Waals surface area (Å²) >= 11 is 3.40. The van der Waals surface area contributed by atoms with E-state index < -0.39 is 5.97 Å². The normalized spacial score (nSPS) is 10.1. The lowest BCUT2D eigenvalue weighted by molar-refractivity contribution is 0.0598. The van der Waals surface area contributed by atoms with Gasteiger partial charge in [0.15, 0.2) is 0 Å². The van der Waals surface area contributed by atoms with E-state index in [9.17, 15) is 9.90 Å². The Morgan fingerprint density at radius 3 is 2.44 bits per heavy atom. The van der Waals surface area contributed by atoms with Crippen LogP contribution in [0.5, 0.6) is 5.75 Å². The number of aromatic hydroxyl groups is 1. The maximum atomic E-state index is 11.8. The molecule has 0 aliphatic rings. The molecule has 0 spiro atoms. The number of benzene rings is 2. The Bertz CT molecular complexity index is 579. The highest BCUT2D eigenvalue weighted by Gasteiger charge is 2.20. The Hall–Kier alpha value is -1.81. The Labute approximate surface area is 113 Å². The maximum Gasteiger partial charge on any atom is 0.342 e. The monoisotopic (exact) mass is 306 g/mol. The molecule has 0 atom stereocenters. The highest BCUT2D eigenvalue weighted by Crippen LogP contribution is 2.36. The molecule has 92 valence electrons. The van der Waals surface area contributed by atoms with Gasteiger partial charge in [-0.15, -0.1) is 0 Å². The van der Waals surface area contributed by atoms with Gasteiger partial charge in [-0.25, -0.2) is 4.79 Å². The van der Waals surface area contributed by atoms with Gasteiger partial charge in [0.1, 0.15) is 11.3 Å². The van der Waals surface area contributed by atoms with Crippen molar-refractivity contribution in [1.82, 2.24) is 0 Å². The van der Waals surface area contributed by atoms with E-state index in [0.717, 1.165) is 10.0 Å². The molecule has 0 heterocycles. The number of esters is 1. The molecule has 1 N–H and O–H groups in total. The van der Waals surface area contributed by atoms with Crippen LogP contribution in [0.4, 0.5) is 0 Å². The number of phenols is 1. The lowest BCUT2D eigenvalue weighted by Gasteiger charge is -2.12. The summed E-state index contributed by atoms with van der Waals surface area (Å²) in [5.74, 6) is -0.656. The molecule has 0 bridgehead atoms. The van der Waals surface area contributed by atoms with Crippen molar-refractivity contribution in [1.29, 1.82) is 0 Å². The summed E-state index contributed by atoms with van der Waals surface area (Å²) < 4.78 is 5.44. The Morgan fingerprint density at radius 2 is 1.83 bits per heavy atom. The van der Waals surface area contributed by atoms with E-state index in [-0.39, 0.29) is 11.3 Å². The van der Waals surface area contributed by atoms with Gasteiger partial charge in [0.05, 0.1) is 7.11 Å². The molecule has 18 heavy (non-hydrogen) atoms. The molecule has 0 unspecified atom stereocenters. The van der Waals surface area contributed by atoms with Gasteiger partial charge in [-0.05, 0) is 17.7 Å². The number of phenolic OH excluding ortho intramolecular Hbond substituents is 1. The summed E-state index contributed by atoms with van der Waals surface area (Å²) in [5.41, 5.74) is 1.63. The number of carbonyl (C=O) groups excluding carboxylic acids is 1. The van der Waals surface area contributed by atoms with Crippen LogP contribution in [0.25, 0.3) is 11.1 Å². The summed E-state index contributed by atoms with van der Waals surface area (Å²) in [4.78, 5) is 11.8. The smallest absolute Gasteiger partial charge is 0.342 e. The third-order valence-electron chi connectivity index (χ3n) is 2.58. The van der Waals surface area contributed by atoms with E-state index in [1.165, 1.54) is 13.2 Å². The lowest BCUT2D eigenvalue weighted by Crippen LogP contribution is -2.04. The minimum Gasteiger partial charge on any atom is -0.507 e. The quantitative estimate of drug-likeness (QED) is 0.862. The number of hydrogen-bond acceptors (Lipinski definition) is 3. The molecule has 0 aliphatic carbocycles. The van der Waals surface area contributed by atoms with Crippen LogP contribution in [0.3, 0.4) is 0 Å². The van der Waals surface area contributed by atoms with Crippen molar-refractivity contribution in [2.24, 2.45) is 0 Å². The summed E-state index contributed by atoms with van der Waals surface area (Å²) in [7, 11) is 1.29. The summed E-state index contributed by atoms with van der Waals surface area (Å²) in [6.45, 7) is 0. The van der Waals surface area contributed by atoms with Crippen molar-refractivity contribution >= 4 is 21.9 Å². The van der Waals surface area contributed by atoms with Gasteiger partial charge in [-0.3, -0.25) is 0 Å². The van der Waals surface area contributed by atoms with Crippen LogP contribution in [0.1, 0.15) is 10.4 Å². The van der Waals surface area contributed by atoms with Crippen LogP contribution in [0, 0.1) is 0 Å². The van der Waals surface area contributed by atoms with E-state index in [1.807, 2.05) is 30.3 Å². The van der Waals surface area contributed by atoms with Crippen LogP contribution in [0.15, 0.2) is 46.9 Å². The molecule has 0 saturated heterocycles. The number of rotatable bonds is 2. The van der Waals surface area contributed by atoms with Crippen molar-refractivity contribution in [3.63, 3.8) is 0 Å². The fourth-order valence-corrected chi connectivity index (χ4v) is 2.32. The van der Waals surface area contributed by atoms with Crippen LogP contribution in [0.2, 0.25) is 0 Å². The topological polar surface area (TPSA) is 46.5 Å². The van der Waals surface area contributed by atoms with Crippen LogP contribution < -0.4 is 0 Å². The van der Waals surface area contributed by atoms with Crippen LogP contribution in [-0.2, 0) is 4.74 Å². The molecule has 0 fully saturated rings. The number of methoxy groups -OCH3 is 1. The first-order valence-corrected chi connectivity index (χ1v) is 6.09. The average molecular weight is 307 g/mol. The number of halogens is 1. The molecule has 3 nitrogen and oxygen atoms in total. The van der Waals surface area contributed by atoms with Gasteiger partial charge in [0.2, 0.25) is 0 Å². The predicted molar refractivity (Wildman–Crippen MR) is 72.6 cm³/mol. The third kappa shape index (κ3) is 2.24. The Balaban J connectivity index is 2.73. The zero-order valence-corrected chi connectivity index (χ0v) is 11.3. The number of ether oxygens (including phenoxy) is 1. The van der Waals surface area contributed by atoms with Crippen molar-refractivity contribution in [2.45, 2.75) is 0 Å². The molecule has 0 radical (unpaired) electrons. The van der Waals surface area contributed by atoms with Gasteiger partial charge in [-0.1, -0.05) is 46.3 Å². The second-order valence-corrected chi connectivity index (χ2v) is 4.53. The van der Waals surface area contributed by atoms with Crippen LogP contribution in [-0.4, -0.2) is 18.2 Å². The molecular formula is C14H11BrO3. The van der Waals surface area contributed by atoms with E-state index in [2.05, 4.69) is 15.9 Å². The first-order valence-electron chi connectivity index (χ1n) is 5.30. The second kappa shape index (κ2) is 5.23. The Kier molecular flexibility index (Phi) is 3.67. The fraction of sp³-hybridized carbons (Fsp3) is 0.0714. The Morgan fingerprint density at radius 1 is 1.17 bits per heavy atom. The first kappa shape index (κ1) is 12.6. The van der Waals surface area contributed by atoms with Crippen molar-refractivity contribution < 1.29 is 14.6 Å². The average Bonchev–Trinajstić information content (AvgIpc) is 2.41. The standard InChI is InChI=1S/C14H11BrO3/c1-18-14(17)13-11(16)8-7-10(15)12(13)9-5-3-2-4-6-9/h2-8,16H,1H3. The van der Waals surface area contributed by atoms with E-state index in [1.54, 1.807) is 6.07 Å². The third-order valence-corrected chi connectivity index (χ3v) is 3.25. The van der Waals surface area contributed by atoms with Gasteiger partial charge < -0.3 is 9.84 Å². The second-order valence-electron chi connectivity index (χ2n) is 3.67. The predicted octanol–water partition coefficient (Wildman–Crippen LogP) is 3.61. The fourth-order valence-electron chi connectivity index (χ4n) is 1.76. The lowest BCUT2D eigenvalue weighted by atomic mass is 9.99. The number of hydrogen-bond donors (Lipinski definition) is 1. The van der Waals surface area contributed by atoms with Crippen molar-refractivity contribution in [2.75, 3.05) is 7.11 Å². The molecule has 4 heteroatoms. The maximum absolute atomic E-state index is 11.8. The number of carbonyl (C=O) groups is 1. The van der Waals surface area contributed by atoms with Gasteiger partial charge in [0, 0.05) is 10.0 Å². The summed E-state index contributed by atoms with van der Waals surface area (Å²) in [6.07, 6.45) is 0. The van der Waals surface area contributed by atoms with Gasteiger partial charge in [0.25, 0.3) is 0 Å². The largest absolute Gasteiger partial charge is 0.507 e. The highest BCUT2D eigenvalue weighted by atomic mass is 79.9. The molecule has 0 saturated carbocycles.